The number of rotatable bonds is 6. The Bertz CT molecular complexity index is 1290. The second-order valence-corrected chi connectivity index (χ2v) is 11.0. The van der Waals surface area contributed by atoms with Gasteiger partial charge in [-0.1, -0.05) is 24.6 Å². The van der Waals surface area contributed by atoms with Crippen LogP contribution < -0.4 is 15.1 Å². The lowest BCUT2D eigenvalue weighted by Gasteiger charge is -2.36. The van der Waals surface area contributed by atoms with Crippen molar-refractivity contribution in [3.63, 3.8) is 0 Å². The minimum Gasteiger partial charge on any atom is -0.368 e. The third kappa shape index (κ3) is 5.34. The summed E-state index contributed by atoms with van der Waals surface area (Å²) in [6.45, 7) is 4.47. The van der Waals surface area contributed by atoms with Gasteiger partial charge in [0.05, 0.1) is 4.90 Å². The van der Waals surface area contributed by atoms with Crippen LogP contribution in [0.3, 0.4) is 0 Å². The first-order chi connectivity index (χ1) is 17.5. The van der Waals surface area contributed by atoms with Crippen LogP contribution in [0.25, 0.3) is 0 Å². The van der Waals surface area contributed by atoms with Gasteiger partial charge in [0.1, 0.15) is 18.0 Å². The molecular weight excluding hydrogens is 476 g/mol. The van der Waals surface area contributed by atoms with E-state index >= 15 is 0 Å². The fourth-order valence-electron chi connectivity index (χ4n) is 4.64. The average Bonchev–Trinajstić information content (AvgIpc) is 2.94. The number of sulfonamides is 1. The molecule has 0 aliphatic carbocycles. The molecular formula is C26H30N6O3S. The molecule has 3 aromatic rings. The van der Waals surface area contributed by atoms with Crippen LogP contribution in [-0.2, 0) is 10.0 Å². The van der Waals surface area contributed by atoms with Gasteiger partial charge >= 0.3 is 0 Å². The van der Waals surface area contributed by atoms with Crippen molar-refractivity contribution in [2.75, 3.05) is 54.4 Å². The van der Waals surface area contributed by atoms with Crippen LogP contribution in [-0.4, -0.2) is 67.9 Å². The number of nitrogens with one attached hydrogen (secondary N) is 1. The number of piperidine rings is 1. The van der Waals surface area contributed by atoms with Gasteiger partial charge in [0.25, 0.3) is 5.91 Å². The van der Waals surface area contributed by atoms with Gasteiger partial charge in [0.15, 0.2) is 0 Å². The summed E-state index contributed by atoms with van der Waals surface area (Å²) >= 11 is 0. The summed E-state index contributed by atoms with van der Waals surface area (Å²) in [7, 11) is -3.53. The van der Waals surface area contributed by atoms with Crippen molar-refractivity contribution in [1.29, 1.82) is 0 Å². The predicted octanol–water partition coefficient (Wildman–Crippen LogP) is 3.23. The van der Waals surface area contributed by atoms with Crippen LogP contribution in [0.1, 0.15) is 29.6 Å². The summed E-state index contributed by atoms with van der Waals surface area (Å²) in [5.41, 5.74) is 1.58. The van der Waals surface area contributed by atoms with Crippen LogP contribution >= 0.6 is 0 Å². The number of nitrogens with zero attached hydrogens (tertiary/aromatic N) is 5. The number of piperazine rings is 1. The number of carbonyl (C=O) groups excluding carboxylic acids is 1. The van der Waals surface area contributed by atoms with Gasteiger partial charge in [0, 0.05) is 56.6 Å². The topological polar surface area (TPSA) is 98.7 Å². The zero-order valence-corrected chi connectivity index (χ0v) is 20.9. The van der Waals surface area contributed by atoms with Gasteiger partial charge in [-0.2, -0.15) is 4.31 Å². The molecule has 10 heteroatoms. The minimum atomic E-state index is -3.53. The van der Waals surface area contributed by atoms with E-state index in [9.17, 15) is 13.2 Å². The maximum absolute atomic E-state index is 12.8. The fraction of sp³-hybridized carbons (Fsp3) is 0.346. The third-order valence-corrected chi connectivity index (χ3v) is 8.60. The normalized spacial score (nSPS) is 17.1. The molecule has 2 aromatic carbocycles. The highest BCUT2D eigenvalue weighted by Crippen LogP contribution is 2.22. The largest absolute Gasteiger partial charge is 0.368 e. The zero-order chi connectivity index (χ0) is 25.0. The average molecular weight is 507 g/mol. The Balaban J connectivity index is 1.21. The first-order valence-electron chi connectivity index (χ1n) is 12.3. The Kier molecular flexibility index (Phi) is 7.15. The Morgan fingerprint density at radius 3 is 2.14 bits per heavy atom. The zero-order valence-electron chi connectivity index (χ0n) is 20.1. The number of hydrogen-bond donors (Lipinski definition) is 1. The summed E-state index contributed by atoms with van der Waals surface area (Å²) in [4.78, 5) is 26.1. The van der Waals surface area contributed by atoms with Crippen LogP contribution in [0.15, 0.2) is 71.9 Å². The van der Waals surface area contributed by atoms with Crippen molar-refractivity contribution in [2.24, 2.45) is 0 Å². The number of para-hydroxylation sites is 1. The van der Waals surface area contributed by atoms with E-state index in [0.717, 1.165) is 51.3 Å². The van der Waals surface area contributed by atoms with E-state index in [-0.39, 0.29) is 10.8 Å². The molecule has 36 heavy (non-hydrogen) atoms. The summed E-state index contributed by atoms with van der Waals surface area (Å²) in [5, 5.41) is 2.81. The number of hydrogen-bond acceptors (Lipinski definition) is 7. The molecule has 2 saturated heterocycles. The molecule has 0 atom stereocenters. The highest BCUT2D eigenvalue weighted by atomic mass is 32.2. The van der Waals surface area contributed by atoms with Crippen LogP contribution in [0.5, 0.6) is 0 Å². The quantitative estimate of drug-likeness (QED) is 0.548. The molecule has 1 N–H and O–H groups in total. The summed E-state index contributed by atoms with van der Waals surface area (Å²) in [6.07, 6.45) is 4.26. The Hall–Kier alpha value is -3.50. The molecule has 2 aliphatic rings. The molecule has 0 saturated carbocycles. The van der Waals surface area contributed by atoms with E-state index < -0.39 is 10.0 Å². The Labute approximate surface area is 211 Å². The van der Waals surface area contributed by atoms with Gasteiger partial charge in [-0.3, -0.25) is 4.79 Å². The van der Waals surface area contributed by atoms with Crippen molar-refractivity contribution in [2.45, 2.75) is 24.2 Å². The monoisotopic (exact) mass is 506 g/mol. The van der Waals surface area contributed by atoms with E-state index in [1.807, 2.05) is 18.2 Å². The van der Waals surface area contributed by atoms with E-state index in [4.69, 9.17) is 0 Å². The number of carbonyl (C=O) groups is 1. The van der Waals surface area contributed by atoms with Crippen molar-refractivity contribution >= 4 is 33.3 Å². The first kappa shape index (κ1) is 24.2. The molecule has 1 amide bonds. The van der Waals surface area contributed by atoms with E-state index in [1.54, 1.807) is 6.07 Å². The van der Waals surface area contributed by atoms with Crippen molar-refractivity contribution < 1.29 is 13.2 Å². The standard InChI is InChI=1S/C26H30N6O3S/c33-26(21-9-11-23(12-10-21)36(34,35)32-13-5-2-6-14-32)29-24-19-25(28-20-27-24)31-17-15-30(16-18-31)22-7-3-1-4-8-22/h1,3-4,7-12,19-20H,2,5-6,13-18H2,(H,27,28,29,33). The molecule has 188 valence electrons. The second kappa shape index (κ2) is 10.6. The smallest absolute Gasteiger partial charge is 0.256 e. The van der Waals surface area contributed by atoms with Crippen LogP contribution in [0.2, 0.25) is 0 Å². The van der Waals surface area contributed by atoms with E-state index in [2.05, 4.69) is 37.2 Å². The van der Waals surface area contributed by atoms with Gasteiger partial charge in [-0.25, -0.2) is 18.4 Å². The van der Waals surface area contributed by atoms with Crippen molar-refractivity contribution in [1.82, 2.24) is 14.3 Å². The van der Waals surface area contributed by atoms with E-state index in [1.165, 1.54) is 40.6 Å². The van der Waals surface area contributed by atoms with Crippen molar-refractivity contribution in [3.05, 3.63) is 72.6 Å². The summed E-state index contributed by atoms with van der Waals surface area (Å²) in [6, 6.07) is 18.2. The van der Waals surface area contributed by atoms with Crippen LogP contribution in [0.4, 0.5) is 17.3 Å². The molecule has 3 heterocycles. The van der Waals surface area contributed by atoms with Gasteiger partial charge in [-0.15, -0.1) is 0 Å². The maximum atomic E-state index is 12.8. The predicted molar refractivity (Wildman–Crippen MR) is 140 cm³/mol. The molecule has 9 nitrogen and oxygen atoms in total. The molecule has 0 unspecified atom stereocenters. The number of benzene rings is 2. The molecule has 2 fully saturated rings. The lowest BCUT2D eigenvalue weighted by Crippen LogP contribution is -2.46. The van der Waals surface area contributed by atoms with E-state index in [0.29, 0.717) is 24.5 Å². The third-order valence-electron chi connectivity index (χ3n) is 6.69. The van der Waals surface area contributed by atoms with Crippen LogP contribution in [0, 0.1) is 0 Å². The Morgan fingerprint density at radius 1 is 0.778 bits per heavy atom. The van der Waals surface area contributed by atoms with Gasteiger partial charge in [-0.05, 0) is 49.2 Å². The highest BCUT2D eigenvalue weighted by Gasteiger charge is 2.26. The molecule has 2 aliphatic heterocycles. The minimum absolute atomic E-state index is 0.208. The second-order valence-electron chi connectivity index (χ2n) is 9.01. The molecule has 1 aromatic heterocycles. The fourth-order valence-corrected chi connectivity index (χ4v) is 6.16. The molecule has 0 spiro atoms. The summed E-state index contributed by atoms with van der Waals surface area (Å²) in [5.74, 6) is 0.812. The summed E-state index contributed by atoms with van der Waals surface area (Å²) < 4.78 is 27.2. The molecule has 0 bridgehead atoms. The first-order valence-corrected chi connectivity index (χ1v) is 13.7. The molecule has 5 rings (SSSR count). The van der Waals surface area contributed by atoms with Gasteiger partial charge < -0.3 is 15.1 Å². The maximum Gasteiger partial charge on any atom is 0.256 e. The lowest BCUT2D eigenvalue weighted by atomic mass is 10.2. The van der Waals surface area contributed by atoms with Crippen molar-refractivity contribution in [3.8, 4) is 0 Å². The number of anilines is 3. The highest BCUT2D eigenvalue weighted by molar-refractivity contribution is 7.89. The van der Waals surface area contributed by atoms with Gasteiger partial charge in [0.2, 0.25) is 10.0 Å². The molecule has 0 radical (unpaired) electrons. The number of amides is 1. The number of aromatic nitrogens is 2. The SMILES string of the molecule is O=C(Nc1cc(N2CCN(c3ccccc3)CC2)ncn1)c1ccc(S(=O)(=O)N2CCCCC2)cc1. The Morgan fingerprint density at radius 2 is 1.44 bits per heavy atom. The lowest BCUT2D eigenvalue weighted by molar-refractivity contribution is 0.102.